The molecule has 2 N–H and O–H groups in total. The van der Waals surface area contributed by atoms with E-state index >= 15 is 0 Å². The lowest BCUT2D eigenvalue weighted by Crippen LogP contribution is -2.35. The van der Waals surface area contributed by atoms with E-state index in [1.807, 2.05) is 49.3 Å². The number of carbonyl (C=O) groups excluding carboxylic acids is 1. The van der Waals surface area contributed by atoms with Crippen LogP contribution in [0.1, 0.15) is 5.56 Å². The number of hydrogen-bond acceptors (Lipinski definition) is 4. The van der Waals surface area contributed by atoms with Crippen LogP contribution in [0, 0.1) is 0 Å². The molecule has 0 radical (unpaired) electrons. The molecule has 0 aliphatic carbocycles. The van der Waals surface area contributed by atoms with E-state index in [9.17, 15) is 4.79 Å². The number of benzene rings is 1. The third-order valence-corrected chi connectivity index (χ3v) is 2.38. The summed E-state index contributed by atoms with van der Waals surface area (Å²) in [5, 5.41) is 0. The van der Waals surface area contributed by atoms with E-state index in [0.717, 1.165) is 5.56 Å². The second kappa shape index (κ2) is 7.04. The molecule has 4 heteroatoms. The van der Waals surface area contributed by atoms with Gasteiger partial charge in [-0.1, -0.05) is 30.3 Å². The Morgan fingerprint density at radius 3 is 2.59 bits per heavy atom. The standard InChI is InChI=1S/C13H20N2O2/c1-15(2)8-9-17-13(16)12(14)10-11-6-4-3-5-7-11/h3-7,12H,8-10,14H2,1-2H3/t12-/m0/s1. The minimum Gasteiger partial charge on any atom is -0.463 e. The Morgan fingerprint density at radius 2 is 2.00 bits per heavy atom. The monoisotopic (exact) mass is 236 g/mol. The van der Waals surface area contributed by atoms with E-state index in [0.29, 0.717) is 19.6 Å². The van der Waals surface area contributed by atoms with Crippen LogP contribution in [0.4, 0.5) is 0 Å². The highest BCUT2D eigenvalue weighted by molar-refractivity contribution is 5.75. The fourth-order valence-corrected chi connectivity index (χ4v) is 1.39. The average Bonchev–Trinajstić information content (AvgIpc) is 2.29. The van der Waals surface area contributed by atoms with Gasteiger partial charge in [-0.05, 0) is 26.1 Å². The van der Waals surface area contributed by atoms with Crippen LogP contribution in [0.25, 0.3) is 0 Å². The number of nitrogens with zero attached hydrogens (tertiary/aromatic N) is 1. The summed E-state index contributed by atoms with van der Waals surface area (Å²) in [4.78, 5) is 13.5. The fraction of sp³-hybridized carbons (Fsp3) is 0.462. The lowest BCUT2D eigenvalue weighted by molar-refractivity contribution is -0.145. The fourth-order valence-electron chi connectivity index (χ4n) is 1.39. The minimum atomic E-state index is -0.584. The van der Waals surface area contributed by atoms with Gasteiger partial charge < -0.3 is 15.4 Å². The number of ether oxygens (including phenoxy) is 1. The van der Waals surface area contributed by atoms with Gasteiger partial charge in [0.25, 0.3) is 0 Å². The molecule has 0 bridgehead atoms. The lowest BCUT2D eigenvalue weighted by atomic mass is 10.1. The number of rotatable bonds is 6. The van der Waals surface area contributed by atoms with Crippen molar-refractivity contribution >= 4 is 5.97 Å². The maximum absolute atomic E-state index is 11.6. The summed E-state index contributed by atoms with van der Waals surface area (Å²) in [5.41, 5.74) is 6.82. The van der Waals surface area contributed by atoms with Crippen LogP contribution >= 0.6 is 0 Å². The zero-order valence-electron chi connectivity index (χ0n) is 10.4. The van der Waals surface area contributed by atoms with E-state index < -0.39 is 6.04 Å². The zero-order valence-corrected chi connectivity index (χ0v) is 10.4. The zero-order chi connectivity index (χ0) is 12.7. The van der Waals surface area contributed by atoms with E-state index in [4.69, 9.17) is 10.5 Å². The second-order valence-corrected chi connectivity index (χ2v) is 4.27. The molecule has 0 saturated carbocycles. The molecule has 0 heterocycles. The van der Waals surface area contributed by atoms with Crippen LogP contribution in [-0.2, 0) is 16.0 Å². The van der Waals surface area contributed by atoms with Crippen LogP contribution < -0.4 is 5.73 Å². The van der Waals surface area contributed by atoms with Crippen molar-refractivity contribution in [3.63, 3.8) is 0 Å². The molecule has 4 nitrogen and oxygen atoms in total. The largest absolute Gasteiger partial charge is 0.463 e. The summed E-state index contributed by atoms with van der Waals surface area (Å²) in [6, 6.07) is 9.11. The SMILES string of the molecule is CN(C)CCOC(=O)[C@@H](N)Cc1ccccc1. The first-order valence-electron chi connectivity index (χ1n) is 5.70. The van der Waals surface area contributed by atoms with Crippen LogP contribution in [0.3, 0.4) is 0 Å². The molecule has 0 spiro atoms. The van der Waals surface area contributed by atoms with Gasteiger partial charge in [0.05, 0.1) is 0 Å². The quantitative estimate of drug-likeness (QED) is 0.737. The molecule has 0 aliphatic heterocycles. The molecule has 1 rings (SSSR count). The van der Waals surface area contributed by atoms with Gasteiger partial charge >= 0.3 is 5.97 Å². The highest BCUT2D eigenvalue weighted by Crippen LogP contribution is 2.02. The molecule has 0 aliphatic rings. The van der Waals surface area contributed by atoms with Crippen molar-refractivity contribution in [1.82, 2.24) is 4.90 Å². The molecule has 1 aromatic rings. The molecular formula is C13H20N2O2. The molecular weight excluding hydrogens is 216 g/mol. The van der Waals surface area contributed by atoms with Gasteiger partial charge in [0.2, 0.25) is 0 Å². The molecule has 1 aromatic carbocycles. The van der Waals surface area contributed by atoms with Crippen molar-refractivity contribution in [2.24, 2.45) is 5.73 Å². The Morgan fingerprint density at radius 1 is 1.35 bits per heavy atom. The summed E-state index contributed by atoms with van der Waals surface area (Å²) in [6.07, 6.45) is 0.516. The van der Waals surface area contributed by atoms with Gasteiger partial charge in [-0.2, -0.15) is 0 Å². The van der Waals surface area contributed by atoms with Crippen LogP contribution in [-0.4, -0.2) is 44.2 Å². The van der Waals surface area contributed by atoms with Crippen LogP contribution in [0.15, 0.2) is 30.3 Å². The van der Waals surface area contributed by atoms with Gasteiger partial charge in [-0.3, -0.25) is 4.79 Å². The first-order valence-corrected chi connectivity index (χ1v) is 5.70. The second-order valence-electron chi connectivity index (χ2n) is 4.27. The highest BCUT2D eigenvalue weighted by atomic mass is 16.5. The Kier molecular flexibility index (Phi) is 5.66. The minimum absolute atomic E-state index is 0.337. The van der Waals surface area contributed by atoms with Crippen molar-refractivity contribution in [3.05, 3.63) is 35.9 Å². The third kappa shape index (κ3) is 5.47. The molecule has 94 valence electrons. The first kappa shape index (κ1) is 13.7. The Hall–Kier alpha value is -1.39. The highest BCUT2D eigenvalue weighted by Gasteiger charge is 2.15. The number of esters is 1. The first-order chi connectivity index (χ1) is 8.09. The van der Waals surface area contributed by atoms with Gasteiger partial charge in [-0.25, -0.2) is 0 Å². The predicted octanol–water partition coefficient (Wildman–Crippen LogP) is 0.661. The predicted molar refractivity (Wildman–Crippen MR) is 67.6 cm³/mol. The summed E-state index contributed by atoms with van der Waals surface area (Å²) in [6.45, 7) is 1.10. The van der Waals surface area contributed by atoms with Crippen LogP contribution in [0.5, 0.6) is 0 Å². The summed E-state index contributed by atoms with van der Waals surface area (Å²) in [5.74, 6) is -0.337. The normalized spacial score (nSPS) is 12.5. The molecule has 0 aromatic heterocycles. The maximum Gasteiger partial charge on any atom is 0.323 e. The van der Waals surface area contributed by atoms with Crippen molar-refractivity contribution in [1.29, 1.82) is 0 Å². The number of likely N-dealkylation sites (N-methyl/N-ethyl adjacent to an activating group) is 1. The maximum atomic E-state index is 11.6. The van der Waals surface area contributed by atoms with Gasteiger partial charge in [0, 0.05) is 6.54 Å². The molecule has 1 atom stereocenters. The Labute approximate surface area is 102 Å². The Balaban J connectivity index is 2.32. The topological polar surface area (TPSA) is 55.6 Å². The van der Waals surface area contributed by atoms with Crippen molar-refractivity contribution in [3.8, 4) is 0 Å². The van der Waals surface area contributed by atoms with E-state index in [-0.39, 0.29) is 5.97 Å². The Bertz CT molecular complexity index is 339. The summed E-state index contributed by atoms with van der Waals surface area (Å²) >= 11 is 0. The smallest absolute Gasteiger partial charge is 0.323 e. The van der Waals surface area contributed by atoms with Gasteiger partial charge in [0.1, 0.15) is 12.6 Å². The molecule has 0 saturated heterocycles. The van der Waals surface area contributed by atoms with Gasteiger partial charge in [0.15, 0.2) is 0 Å². The average molecular weight is 236 g/mol. The van der Waals surface area contributed by atoms with E-state index in [1.54, 1.807) is 0 Å². The van der Waals surface area contributed by atoms with Crippen LogP contribution in [0.2, 0.25) is 0 Å². The van der Waals surface area contributed by atoms with Gasteiger partial charge in [-0.15, -0.1) is 0 Å². The molecule has 0 unspecified atom stereocenters. The molecule has 0 fully saturated rings. The van der Waals surface area contributed by atoms with Crippen molar-refractivity contribution < 1.29 is 9.53 Å². The third-order valence-electron chi connectivity index (χ3n) is 2.38. The van der Waals surface area contributed by atoms with Crippen molar-refractivity contribution in [2.75, 3.05) is 27.2 Å². The summed E-state index contributed by atoms with van der Waals surface area (Å²) < 4.78 is 5.08. The number of carbonyl (C=O) groups is 1. The van der Waals surface area contributed by atoms with Crippen molar-refractivity contribution in [2.45, 2.75) is 12.5 Å². The molecule has 0 amide bonds. The summed E-state index contributed by atoms with van der Waals surface area (Å²) in [7, 11) is 3.86. The van der Waals surface area contributed by atoms with E-state index in [2.05, 4.69) is 0 Å². The lowest BCUT2D eigenvalue weighted by Gasteiger charge is -2.13. The number of nitrogens with two attached hydrogens (primary N) is 1. The van der Waals surface area contributed by atoms with E-state index in [1.165, 1.54) is 0 Å². The molecule has 17 heavy (non-hydrogen) atoms. The number of hydrogen-bond donors (Lipinski definition) is 1.